The van der Waals surface area contributed by atoms with Crippen molar-refractivity contribution < 1.29 is 90.9 Å². The molecule has 2 heterocycles. The van der Waals surface area contributed by atoms with Crippen LogP contribution < -0.4 is 32.3 Å². The number of hydrogen-bond donors (Lipinski definition) is 7. The van der Waals surface area contributed by atoms with Crippen molar-refractivity contribution in [2.75, 3.05) is 63.6 Å². The fourth-order valence-electron chi connectivity index (χ4n) is 9.78. The summed E-state index contributed by atoms with van der Waals surface area (Å²) < 4.78 is 42.2. The van der Waals surface area contributed by atoms with Crippen LogP contribution in [0.3, 0.4) is 0 Å². The number of benzene rings is 1. The highest BCUT2D eigenvalue weighted by Gasteiger charge is 2.33. The Kier molecular flexibility index (Phi) is 59.3. The Morgan fingerprint density at radius 3 is 1.22 bits per heavy atom. The molecule has 31 nitrogen and oxygen atoms in total. The van der Waals surface area contributed by atoms with Crippen molar-refractivity contribution in [1.82, 2.24) is 41.3 Å². The predicted octanol–water partition coefficient (Wildman–Crippen LogP) is 19.4. The zero-order valence-corrected chi connectivity index (χ0v) is 84.4. The van der Waals surface area contributed by atoms with E-state index in [0.29, 0.717) is 95.5 Å². The van der Waals surface area contributed by atoms with Crippen LogP contribution >= 0.6 is 67.2 Å². The van der Waals surface area contributed by atoms with Gasteiger partial charge in [-0.1, -0.05) is 79.9 Å². The molecule has 0 aromatic heterocycles. The van der Waals surface area contributed by atoms with Crippen LogP contribution in [0.5, 0.6) is 5.75 Å². The largest absolute Gasteiger partial charge is 0.508 e. The quantitative estimate of drug-likeness (QED) is 0.00779. The zero-order chi connectivity index (χ0) is 96.7. The molecular weight excluding hydrogens is 1730 g/mol. The number of rotatable bonds is 28. The van der Waals surface area contributed by atoms with Gasteiger partial charge in [-0.05, 0) is 273 Å². The van der Waals surface area contributed by atoms with Gasteiger partial charge in [0, 0.05) is 99.8 Å². The molecule has 714 valence electrons. The highest BCUT2D eigenvalue weighted by Crippen LogP contribution is 2.41. The van der Waals surface area contributed by atoms with Crippen molar-refractivity contribution in [2.24, 2.45) is 20.7 Å². The lowest BCUT2D eigenvalue weighted by Gasteiger charge is -2.29. The Morgan fingerprint density at radius 2 is 0.849 bits per heavy atom. The first-order chi connectivity index (χ1) is 58.2. The van der Waals surface area contributed by atoms with Gasteiger partial charge >= 0.3 is 48.7 Å². The maximum atomic E-state index is 13.0. The number of alkyl carbamates (subject to hydrolysis) is 3. The Bertz CT molecular complexity index is 3690. The number of unbranched alkanes of at least 4 members (excludes halogenated alkanes) is 5. The van der Waals surface area contributed by atoms with E-state index in [0.717, 1.165) is 36.5 Å². The van der Waals surface area contributed by atoms with Crippen LogP contribution in [-0.2, 0) is 53.9 Å². The van der Waals surface area contributed by atoms with Crippen LogP contribution in [0.2, 0.25) is 0 Å². The summed E-state index contributed by atoms with van der Waals surface area (Å²) in [5.41, 5.74) is 0.833. The van der Waals surface area contributed by atoms with Crippen LogP contribution in [0.1, 0.15) is 287 Å². The lowest BCUT2D eigenvalue weighted by atomic mass is 10.1. The molecule has 0 spiro atoms. The van der Waals surface area contributed by atoms with E-state index in [1.807, 2.05) is 55.3 Å². The van der Waals surface area contributed by atoms with Gasteiger partial charge in [-0.2, -0.15) is 9.98 Å². The molecule has 126 heavy (non-hydrogen) atoms. The molecule has 2 fully saturated rings. The van der Waals surface area contributed by atoms with Crippen molar-refractivity contribution in [3.8, 4) is 42.8 Å². The van der Waals surface area contributed by atoms with Gasteiger partial charge in [0.1, 0.15) is 56.4 Å². The minimum atomic E-state index is -0.761. The first-order valence-electron chi connectivity index (χ1n) is 42.4. The number of nitrogens with two attached hydrogens (primary N) is 1. The lowest BCUT2D eigenvalue weighted by molar-refractivity contribution is -0.122. The summed E-state index contributed by atoms with van der Waals surface area (Å²) in [6.07, 6.45) is 27.1. The van der Waals surface area contributed by atoms with Crippen LogP contribution in [0.15, 0.2) is 39.2 Å². The number of ether oxygens (including phenoxy) is 8. The highest BCUT2D eigenvalue weighted by atomic mass is 33.1. The number of carbonyl (C=O) groups excluding carboxylic acids is 10. The van der Waals surface area contributed by atoms with Crippen molar-refractivity contribution in [3.63, 3.8) is 0 Å². The number of aromatic hydroxyl groups is 1. The predicted molar refractivity (Wildman–Crippen MR) is 517 cm³/mol. The molecule has 2 atom stereocenters. The molecule has 2 saturated heterocycles. The fraction of sp³-hybridized carbons (Fsp3) is 0.708. The fourth-order valence-corrected chi connectivity index (χ4v) is 16.6. The number of amidine groups is 2. The van der Waals surface area contributed by atoms with E-state index in [4.69, 9.17) is 75.1 Å². The molecule has 2 aliphatic heterocycles. The number of nitrogens with one attached hydrogen (secondary N) is 5. The number of carbonyl (C=O) groups is 10. The van der Waals surface area contributed by atoms with E-state index in [1.165, 1.54) is 63.7 Å². The maximum Gasteiger partial charge on any atom is 0.436 e. The summed E-state index contributed by atoms with van der Waals surface area (Å²) in [6.45, 7) is 44.3. The topological polar surface area (TPSA) is 398 Å². The molecule has 0 radical (unpaired) electrons. The van der Waals surface area contributed by atoms with Gasteiger partial charge < -0.3 is 59.4 Å². The summed E-state index contributed by atoms with van der Waals surface area (Å²) in [6, 6.07) is 6.91. The van der Waals surface area contributed by atoms with Gasteiger partial charge in [0.25, 0.3) is 0 Å². The summed E-state index contributed by atoms with van der Waals surface area (Å²) in [4.78, 5) is 138. The Hall–Kier alpha value is -7.99. The number of aliphatic imine (C=N–C) groups is 3. The van der Waals surface area contributed by atoms with Gasteiger partial charge in [0.2, 0.25) is 17.8 Å². The van der Waals surface area contributed by atoms with Crippen LogP contribution in [0, 0.1) is 37.0 Å². The second-order valence-electron chi connectivity index (χ2n) is 36.5. The Morgan fingerprint density at radius 1 is 0.484 bits per heavy atom. The number of phenolic OH excluding ortho intramolecular Hbond substituents is 1. The molecule has 10 amide bonds. The van der Waals surface area contributed by atoms with Gasteiger partial charge in [0.15, 0.2) is 10.3 Å². The molecular formula is C89H148N12O19S6. The minimum Gasteiger partial charge on any atom is -0.508 e. The molecule has 2 aliphatic rings. The number of amides is 10. The van der Waals surface area contributed by atoms with Gasteiger partial charge in [-0.3, -0.25) is 40.3 Å². The third-order valence-corrected chi connectivity index (χ3v) is 21.6. The third-order valence-electron chi connectivity index (χ3n) is 14.7. The van der Waals surface area contributed by atoms with Crippen LogP contribution in [-0.4, -0.2) is 221 Å². The van der Waals surface area contributed by atoms with E-state index in [1.54, 1.807) is 185 Å². The number of guanidine groups is 1. The number of thioether (sulfide) groups is 1. The molecule has 0 bridgehead atoms. The number of aryl methyl sites for hydroxylation is 1. The highest BCUT2D eigenvalue weighted by molar-refractivity contribution is 8.77. The third kappa shape index (κ3) is 70.0. The van der Waals surface area contributed by atoms with Gasteiger partial charge in [-0.25, -0.2) is 43.3 Å². The van der Waals surface area contributed by atoms with Gasteiger partial charge in [0.05, 0.1) is 6.54 Å². The summed E-state index contributed by atoms with van der Waals surface area (Å²) >= 11 is 5.93. The summed E-state index contributed by atoms with van der Waals surface area (Å²) in [5.74, 6) is 10.7. The number of thiocarbonyl (C=S) groups is 1. The first kappa shape index (κ1) is 120. The number of phenols is 1. The van der Waals surface area contributed by atoms with E-state index in [2.05, 4.69) is 59.3 Å². The van der Waals surface area contributed by atoms with Gasteiger partial charge in [-0.15, -0.1) is 37.0 Å². The Labute approximate surface area is 777 Å². The van der Waals surface area contributed by atoms with Crippen molar-refractivity contribution >= 4 is 150 Å². The first-order valence-corrected chi connectivity index (χ1v) is 48.8. The molecule has 0 aliphatic carbocycles. The molecule has 37 heteroatoms. The smallest absolute Gasteiger partial charge is 0.436 e. The van der Waals surface area contributed by atoms with Crippen molar-refractivity contribution in [3.05, 3.63) is 29.8 Å². The molecule has 0 saturated carbocycles. The summed E-state index contributed by atoms with van der Waals surface area (Å²) in [5, 5.41) is 23.7. The van der Waals surface area contributed by atoms with E-state index in [9.17, 15) is 53.1 Å². The van der Waals surface area contributed by atoms with E-state index in [-0.39, 0.29) is 65.8 Å². The van der Waals surface area contributed by atoms with E-state index >= 15 is 0 Å². The SMILES string of the molecule is C#CCCCN(C(=O)OC(C)(C)C)C(=NC(=O)OC(C)(C)C)SC.C#CCCCN(C(=O)OC(C)(C)C)C(=NCCNC(=O)CCCCC1CCSS1)NC(=O)OC(C)(C)C.C#CCCCN(C(=O)OC(C)(C)C)C(CCCc1ccc(O)cc1)=NC(=O)OC(C)(C)C.CC(C)(C)OC(=O)NC(=S)NC(=O)OC(C)(C)C.NCCNC(=O)CCCCC1CCSS1. The summed E-state index contributed by atoms with van der Waals surface area (Å²) in [7, 11) is 7.88. The van der Waals surface area contributed by atoms with E-state index < -0.39 is 93.6 Å². The number of nitrogens with zero attached hydrogens (tertiary/aromatic N) is 6. The average molecular weight is 1880 g/mol. The zero-order valence-electron chi connectivity index (χ0n) is 79.5. The molecule has 1 aromatic rings. The maximum absolute atomic E-state index is 13.0. The van der Waals surface area contributed by atoms with Crippen LogP contribution in [0.4, 0.5) is 38.4 Å². The minimum absolute atomic E-state index is 0.0123. The Balaban J connectivity index is 0. The number of terminal acetylenes is 3. The molecule has 8 N–H and O–H groups in total. The monoisotopic (exact) mass is 1880 g/mol. The lowest BCUT2D eigenvalue weighted by Crippen LogP contribution is -2.50. The second-order valence-corrected chi connectivity index (χ2v) is 43.2. The molecule has 3 rings (SSSR count). The second kappa shape index (κ2) is 62.3. The van der Waals surface area contributed by atoms with Crippen molar-refractivity contribution in [1.29, 1.82) is 0 Å². The standard InChI is InChI=1S/C26H44N4O5S2.C25H36N2O5.C17H28N2O4S.C11H20N2O4S.C10H20N2OS2/c1-8-9-12-18-30(24(33)35-26(5,6)7)22(29-23(32)34-25(2,3)4)28-17-16-27-21(31)14-11-10-13-20-15-19-36-37-20;1-8-9-10-18-27(23(30)32-25(5,6)7)21(26-22(29)31-24(2,3)4)13-11-12-19-14-16-20(28)17-15-19;1-9-10-11-12-19(15(21)23-17(5,6)7)13(24-8)18-14(20)22-16(2,3)4;1-10(2,3)16-8(14)12-7(18)13-9(15)17-11(4,5)6;11-6-7-12-10(13)4-2-1-3-9-5-8-14-15-9/h1,20H,9-19H2,2-7H3,(H,27,31)(H,28,29,32);1,14-17,28H,9-13,18H2,2-7H3;1H,10-12H2,2-8H3;1-6H3,(H2,12,13,14,15,18);9H,1-8,11H2,(H,12,13). The average Bonchev–Trinajstić information content (AvgIpc) is 0.988. The normalized spacial score (nSPS) is 14.2. The molecule has 2 unspecified atom stereocenters. The van der Waals surface area contributed by atoms with Crippen molar-refractivity contribution in [2.45, 2.75) is 343 Å². The molecule has 1 aromatic carbocycles. The van der Waals surface area contributed by atoms with Crippen LogP contribution in [0.25, 0.3) is 0 Å². The number of hydrogen-bond acceptors (Lipinski definition) is 27.